The molecular formula is C14H23BrN2. The molecule has 3 heteroatoms. The molecule has 0 saturated carbocycles. The van der Waals surface area contributed by atoms with Crippen LogP contribution >= 0.6 is 15.9 Å². The van der Waals surface area contributed by atoms with E-state index in [1.54, 1.807) is 0 Å². The second-order valence-electron chi connectivity index (χ2n) is 4.75. The third-order valence-corrected chi connectivity index (χ3v) is 3.54. The van der Waals surface area contributed by atoms with Crippen molar-refractivity contribution in [3.63, 3.8) is 0 Å². The largest absolute Gasteiger partial charge is 0.306 e. The normalized spacial score (nSPS) is 12.9. The van der Waals surface area contributed by atoms with Gasteiger partial charge in [-0.2, -0.15) is 0 Å². The Morgan fingerprint density at radius 1 is 1.29 bits per heavy atom. The molecule has 0 bridgehead atoms. The van der Waals surface area contributed by atoms with E-state index in [9.17, 15) is 0 Å². The minimum atomic E-state index is 0.812. The molecule has 1 heterocycles. The number of nitrogens with zero attached hydrogens (tertiary/aromatic N) is 2. The van der Waals surface area contributed by atoms with Crippen molar-refractivity contribution in [2.45, 2.75) is 26.2 Å². The highest BCUT2D eigenvalue weighted by Crippen LogP contribution is 2.09. The zero-order valence-corrected chi connectivity index (χ0v) is 12.5. The zero-order valence-electron chi connectivity index (χ0n) is 10.9. The lowest BCUT2D eigenvalue weighted by Crippen LogP contribution is -2.24. The lowest BCUT2D eigenvalue weighted by Gasteiger charge is -2.18. The van der Waals surface area contributed by atoms with Gasteiger partial charge in [-0.15, -0.1) is 0 Å². The van der Waals surface area contributed by atoms with Crippen LogP contribution in [0, 0.1) is 5.92 Å². The van der Waals surface area contributed by atoms with Gasteiger partial charge in [0.05, 0.1) is 0 Å². The number of hydrogen-bond donors (Lipinski definition) is 0. The Kier molecular flexibility index (Phi) is 7.45. The van der Waals surface area contributed by atoms with Crippen molar-refractivity contribution in [2.75, 3.05) is 25.5 Å². The molecule has 0 aliphatic heterocycles. The van der Waals surface area contributed by atoms with E-state index < -0.39 is 0 Å². The van der Waals surface area contributed by atoms with Crippen LogP contribution in [0.2, 0.25) is 0 Å². The van der Waals surface area contributed by atoms with Crippen LogP contribution in [0.4, 0.5) is 0 Å². The molecule has 0 spiro atoms. The van der Waals surface area contributed by atoms with Gasteiger partial charge in [0.2, 0.25) is 0 Å². The van der Waals surface area contributed by atoms with Crippen molar-refractivity contribution in [2.24, 2.45) is 5.92 Å². The smallest absolute Gasteiger partial charge is 0.0416 e. The van der Waals surface area contributed by atoms with Gasteiger partial charge in [0.25, 0.3) is 0 Å². The fourth-order valence-corrected chi connectivity index (χ4v) is 2.52. The van der Waals surface area contributed by atoms with E-state index in [4.69, 9.17) is 0 Å². The minimum absolute atomic E-state index is 0.812. The molecule has 0 N–H and O–H groups in total. The molecule has 1 rings (SSSR count). The molecule has 0 aromatic carbocycles. The summed E-state index contributed by atoms with van der Waals surface area (Å²) in [6.07, 6.45) is 5.47. The minimum Gasteiger partial charge on any atom is -0.306 e. The summed E-state index contributed by atoms with van der Waals surface area (Å²) in [5.41, 5.74) is 1.19. The summed E-state index contributed by atoms with van der Waals surface area (Å²) in [5, 5.41) is 1.12. The second-order valence-corrected chi connectivity index (χ2v) is 5.54. The lowest BCUT2D eigenvalue weighted by atomic mass is 10.1. The van der Waals surface area contributed by atoms with Crippen LogP contribution < -0.4 is 0 Å². The number of halogens is 1. The van der Waals surface area contributed by atoms with Gasteiger partial charge >= 0.3 is 0 Å². The van der Waals surface area contributed by atoms with Crippen LogP contribution in [0.15, 0.2) is 24.4 Å². The molecule has 17 heavy (non-hydrogen) atoms. The Bertz CT molecular complexity index is 290. The number of aromatic nitrogens is 1. The highest BCUT2D eigenvalue weighted by Gasteiger charge is 2.04. The van der Waals surface area contributed by atoms with E-state index in [-0.39, 0.29) is 0 Å². The number of pyridine rings is 1. The van der Waals surface area contributed by atoms with Gasteiger partial charge < -0.3 is 4.90 Å². The van der Waals surface area contributed by atoms with Crippen molar-refractivity contribution >= 4 is 15.9 Å². The van der Waals surface area contributed by atoms with Crippen molar-refractivity contribution in [1.29, 1.82) is 0 Å². The van der Waals surface area contributed by atoms with E-state index >= 15 is 0 Å². The number of rotatable bonds is 8. The third kappa shape index (κ3) is 6.79. The first-order valence-corrected chi connectivity index (χ1v) is 7.49. The van der Waals surface area contributed by atoms with E-state index in [2.05, 4.69) is 51.9 Å². The first-order valence-electron chi connectivity index (χ1n) is 6.36. The topological polar surface area (TPSA) is 16.1 Å². The summed E-state index contributed by atoms with van der Waals surface area (Å²) in [6.45, 7) is 4.60. The molecule has 1 unspecified atom stereocenters. The maximum absolute atomic E-state index is 4.34. The summed E-state index contributed by atoms with van der Waals surface area (Å²) in [6, 6.07) is 6.12. The number of likely N-dealkylation sites (N-methyl/N-ethyl adjacent to an activating group) is 1. The molecular weight excluding hydrogens is 276 g/mol. The van der Waals surface area contributed by atoms with Crippen LogP contribution in [0.5, 0.6) is 0 Å². The predicted molar refractivity (Wildman–Crippen MR) is 77.6 cm³/mol. The average Bonchev–Trinajstić information content (AvgIpc) is 2.35. The maximum atomic E-state index is 4.34. The SMILES string of the molecule is CC(CCBr)CCN(C)CCc1ccccn1. The Morgan fingerprint density at radius 2 is 2.12 bits per heavy atom. The molecule has 1 aromatic heterocycles. The van der Waals surface area contributed by atoms with Crippen LogP contribution in [0.1, 0.15) is 25.5 Å². The van der Waals surface area contributed by atoms with E-state index in [1.165, 1.54) is 25.1 Å². The molecule has 1 aromatic rings. The van der Waals surface area contributed by atoms with Gasteiger partial charge in [0.1, 0.15) is 0 Å². The van der Waals surface area contributed by atoms with Crippen LogP contribution in [-0.4, -0.2) is 35.4 Å². The Labute approximate surface area is 114 Å². The summed E-state index contributed by atoms with van der Waals surface area (Å²) in [5.74, 6) is 0.812. The summed E-state index contributed by atoms with van der Waals surface area (Å²) < 4.78 is 0. The molecule has 0 radical (unpaired) electrons. The van der Waals surface area contributed by atoms with Crippen molar-refractivity contribution < 1.29 is 0 Å². The van der Waals surface area contributed by atoms with E-state index in [0.29, 0.717) is 0 Å². The maximum Gasteiger partial charge on any atom is 0.0416 e. The number of hydrogen-bond acceptors (Lipinski definition) is 2. The second kappa shape index (κ2) is 8.65. The predicted octanol–water partition coefficient (Wildman–Crippen LogP) is 3.37. The molecule has 1 atom stereocenters. The Hall–Kier alpha value is -0.410. The van der Waals surface area contributed by atoms with Crippen LogP contribution in [0.3, 0.4) is 0 Å². The molecule has 0 saturated heterocycles. The standard InChI is InChI=1S/C14H23BrN2/c1-13(6-9-15)7-11-17(2)12-8-14-5-3-4-10-16-14/h3-5,10,13H,6-9,11-12H2,1-2H3. The molecule has 2 nitrogen and oxygen atoms in total. The first kappa shape index (κ1) is 14.7. The fraction of sp³-hybridized carbons (Fsp3) is 0.643. The third-order valence-electron chi connectivity index (χ3n) is 3.08. The van der Waals surface area contributed by atoms with Crippen molar-refractivity contribution in [1.82, 2.24) is 9.88 Å². The van der Waals surface area contributed by atoms with Gasteiger partial charge in [-0.05, 0) is 44.5 Å². The van der Waals surface area contributed by atoms with Crippen molar-refractivity contribution in [3.05, 3.63) is 30.1 Å². The Morgan fingerprint density at radius 3 is 2.76 bits per heavy atom. The van der Waals surface area contributed by atoms with Crippen molar-refractivity contribution in [3.8, 4) is 0 Å². The molecule has 0 fully saturated rings. The quantitative estimate of drug-likeness (QED) is 0.684. The number of alkyl halides is 1. The zero-order chi connectivity index (χ0) is 12.5. The first-order chi connectivity index (χ1) is 8.22. The summed E-state index contributed by atoms with van der Waals surface area (Å²) in [4.78, 5) is 6.74. The Balaban J connectivity index is 2.15. The molecule has 96 valence electrons. The molecule has 0 aliphatic rings. The highest BCUT2D eigenvalue weighted by atomic mass is 79.9. The summed E-state index contributed by atoms with van der Waals surface area (Å²) >= 11 is 3.50. The van der Waals surface area contributed by atoms with Gasteiger partial charge in [0, 0.05) is 30.2 Å². The summed E-state index contributed by atoms with van der Waals surface area (Å²) in [7, 11) is 2.20. The van der Waals surface area contributed by atoms with Gasteiger partial charge in [0.15, 0.2) is 0 Å². The van der Waals surface area contributed by atoms with Crippen LogP contribution in [0.25, 0.3) is 0 Å². The van der Waals surface area contributed by atoms with Gasteiger partial charge in [-0.3, -0.25) is 4.98 Å². The van der Waals surface area contributed by atoms with E-state index in [1.807, 2.05) is 12.3 Å². The highest BCUT2D eigenvalue weighted by molar-refractivity contribution is 9.09. The molecule has 0 aliphatic carbocycles. The monoisotopic (exact) mass is 298 g/mol. The fourth-order valence-electron chi connectivity index (χ4n) is 1.73. The van der Waals surface area contributed by atoms with Gasteiger partial charge in [-0.1, -0.05) is 28.9 Å². The van der Waals surface area contributed by atoms with E-state index in [0.717, 1.165) is 24.2 Å². The molecule has 0 amide bonds. The van der Waals surface area contributed by atoms with Gasteiger partial charge in [-0.25, -0.2) is 0 Å². The average molecular weight is 299 g/mol. The lowest BCUT2D eigenvalue weighted by molar-refractivity contribution is 0.306. The van der Waals surface area contributed by atoms with Crippen LogP contribution in [-0.2, 0) is 6.42 Å².